The second-order valence-electron chi connectivity index (χ2n) is 3.16. The summed E-state index contributed by atoms with van der Waals surface area (Å²) in [6.07, 6.45) is 2.53. The van der Waals surface area contributed by atoms with Crippen molar-refractivity contribution in [2.24, 2.45) is 0 Å². The van der Waals surface area contributed by atoms with Crippen molar-refractivity contribution < 1.29 is 5.48 Å². The summed E-state index contributed by atoms with van der Waals surface area (Å²) >= 11 is 0. The number of rotatable bonds is 4. The monoisotopic (exact) mass is 227 g/mol. The Hall–Kier alpha value is 0.400. The summed E-state index contributed by atoms with van der Waals surface area (Å²) < 4.78 is 0. The Morgan fingerprint density at radius 2 is 1.64 bits per heavy atom. The van der Waals surface area contributed by atoms with E-state index in [1.165, 1.54) is 12.8 Å². The first-order valence-corrected chi connectivity index (χ1v) is 3.87. The van der Waals surface area contributed by atoms with Crippen molar-refractivity contribution in [2.75, 3.05) is 6.54 Å². The largest absolute Gasteiger partial charge is 0.412 e. The van der Waals surface area contributed by atoms with E-state index in [0.29, 0.717) is 5.54 Å². The minimum absolute atomic E-state index is 0. The van der Waals surface area contributed by atoms with Gasteiger partial charge in [0.25, 0.3) is 0 Å². The summed E-state index contributed by atoms with van der Waals surface area (Å²) in [6.45, 7) is 9.95. The van der Waals surface area contributed by atoms with Crippen LogP contribution in [-0.2, 0) is 0 Å². The van der Waals surface area contributed by atoms with Crippen molar-refractivity contribution in [1.29, 1.82) is 0 Å². The molecular formula is C8H22BrNO. The molecule has 3 heteroatoms. The molecule has 0 spiro atoms. The van der Waals surface area contributed by atoms with Crippen LogP contribution < -0.4 is 5.32 Å². The van der Waals surface area contributed by atoms with Gasteiger partial charge in [-0.3, -0.25) is 0 Å². The molecule has 0 aliphatic carbocycles. The van der Waals surface area contributed by atoms with Crippen molar-refractivity contribution in [3.8, 4) is 0 Å². The van der Waals surface area contributed by atoms with E-state index in [1.54, 1.807) is 0 Å². The molecule has 0 bridgehead atoms. The van der Waals surface area contributed by atoms with E-state index < -0.39 is 0 Å². The highest BCUT2D eigenvalue weighted by Crippen LogP contribution is 2.09. The lowest BCUT2D eigenvalue weighted by Gasteiger charge is -2.24. The van der Waals surface area contributed by atoms with Crippen LogP contribution in [0.2, 0.25) is 0 Å². The van der Waals surface area contributed by atoms with Crippen molar-refractivity contribution >= 4 is 17.0 Å². The second kappa shape index (κ2) is 8.50. The molecule has 0 rings (SSSR count). The van der Waals surface area contributed by atoms with Crippen LogP contribution in [0.4, 0.5) is 0 Å². The predicted molar refractivity (Wildman–Crippen MR) is 56.6 cm³/mol. The lowest BCUT2D eigenvalue weighted by molar-refractivity contribution is 0.368. The molecule has 0 saturated carbocycles. The molecule has 0 saturated heterocycles. The summed E-state index contributed by atoms with van der Waals surface area (Å²) in [5, 5.41) is 3.42. The zero-order valence-electron chi connectivity index (χ0n) is 8.03. The molecule has 0 aliphatic rings. The normalized spacial score (nSPS) is 9.82. The van der Waals surface area contributed by atoms with Gasteiger partial charge in [0, 0.05) is 5.54 Å². The van der Waals surface area contributed by atoms with Gasteiger partial charge in [-0.1, -0.05) is 20.3 Å². The third-order valence-corrected chi connectivity index (χ3v) is 1.53. The van der Waals surface area contributed by atoms with Gasteiger partial charge in [0.2, 0.25) is 0 Å². The van der Waals surface area contributed by atoms with Crippen LogP contribution in [0.3, 0.4) is 0 Å². The van der Waals surface area contributed by atoms with E-state index in [2.05, 4.69) is 33.0 Å². The fourth-order valence-corrected chi connectivity index (χ4v) is 1.19. The lowest BCUT2D eigenvalue weighted by atomic mass is 9.99. The van der Waals surface area contributed by atoms with Crippen LogP contribution >= 0.6 is 17.0 Å². The van der Waals surface area contributed by atoms with Crippen molar-refractivity contribution in [3.05, 3.63) is 0 Å². The zero-order valence-corrected chi connectivity index (χ0v) is 9.74. The minimum atomic E-state index is 0. The van der Waals surface area contributed by atoms with Gasteiger partial charge in [-0.2, -0.15) is 0 Å². The number of hydrogen-bond acceptors (Lipinski definition) is 1. The fourth-order valence-electron chi connectivity index (χ4n) is 1.19. The third kappa shape index (κ3) is 10.4. The van der Waals surface area contributed by atoms with Crippen LogP contribution in [-0.4, -0.2) is 17.6 Å². The Balaban J connectivity index is -0.000000320. The molecule has 0 aromatic heterocycles. The Morgan fingerprint density at radius 3 is 1.91 bits per heavy atom. The van der Waals surface area contributed by atoms with Crippen molar-refractivity contribution in [2.45, 2.75) is 46.1 Å². The Bertz CT molecular complexity index is 68.5. The summed E-state index contributed by atoms with van der Waals surface area (Å²) in [6, 6.07) is 0. The summed E-state index contributed by atoms with van der Waals surface area (Å²) in [7, 11) is 0. The first-order valence-electron chi connectivity index (χ1n) is 3.87. The maximum absolute atomic E-state index is 3.42. The van der Waals surface area contributed by atoms with Crippen molar-refractivity contribution in [3.63, 3.8) is 0 Å². The highest BCUT2D eigenvalue weighted by Gasteiger charge is 2.12. The molecule has 0 aliphatic heterocycles. The third-order valence-electron chi connectivity index (χ3n) is 1.53. The van der Waals surface area contributed by atoms with Gasteiger partial charge in [0.1, 0.15) is 0 Å². The van der Waals surface area contributed by atoms with Crippen LogP contribution in [0.15, 0.2) is 0 Å². The zero-order chi connectivity index (χ0) is 7.33. The van der Waals surface area contributed by atoms with E-state index in [4.69, 9.17) is 0 Å². The van der Waals surface area contributed by atoms with E-state index >= 15 is 0 Å². The molecule has 72 valence electrons. The average molecular weight is 228 g/mol. The first kappa shape index (κ1) is 17.5. The van der Waals surface area contributed by atoms with Crippen LogP contribution in [0.5, 0.6) is 0 Å². The Morgan fingerprint density at radius 1 is 1.18 bits per heavy atom. The minimum Gasteiger partial charge on any atom is -0.412 e. The Kier molecular flexibility index (Phi) is 13.5. The molecule has 0 atom stereocenters. The molecule has 2 nitrogen and oxygen atoms in total. The Labute approximate surface area is 80.8 Å². The molecule has 0 aromatic rings. The molecular weight excluding hydrogens is 206 g/mol. The SMILES string of the molecule is Br.CCCC(C)(C)NCC.O. The second-order valence-corrected chi connectivity index (χ2v) is 3.16. The highest BCUT2D eigenvalue weighted by molar-refractivity contribution is 8.93. The maximum Gasteiger partial charge on any atom is 0.0124 e. The van der Waals surface area contributed by atoms with Crippen LogP contribution in [0, 0.1) is 0 Å². The summed E-state index contributed by atoms with van der Waals surface area (Å²) in [4.78, 5) is 0. The average Bonchev–Trinajstić information content (AvgIpc) is 1.64. The standard InChI is InChI=1S/C8H19N.BrH.H2O/c1-5-7-8(3,4)9-6-2;;/h9H,5-7H2,1-4H3;1H;1H2. The van der Waals surface area contributed by atoms with Gasteiger partial charge in [0.05, 0.1) is 0 Å². The van der Waals surface area contributed by atoms with Gasteiger partial charge in [0.15, 0.2) is 0 Å². The highest BCUT2D eigenvalue weighted by atomic mass is 79.9. The molecule has 11 heavy (non-hydrogen) atoms. The lowest BCUT2D eigenvalue weighted by Crippen LogP contribution is -2.38. The molecule has 3 N–H and O–H groups in total. The van der Waals surface area contributed by atoms with Crippen LogP contribution in [0.25, 0.3) is 0 Å². The molecule has 0 aromatic carbocycles. The molecule has 0 radical (unpaired) electrons. The fraction of sp³-hybridized carbons (Fsp3) is 1.00. The van der Waals surface area contributed by atoms with E-state index in [1.807, 2.05) is 0 Å². The molecule has 0 unspecified atom stereocenters. The van der Waals surface area contributed by atoms with Crippen molar-refractivity contribution in [1.82, 2.24) is 5.32 Å². The van der Waals surface area contributed by atoms with Gasteiger partial charge < -0.3 is 10.8 Å². The first-order chi connectivity index (χ1) is 4.12. The number of nitrogens with one attached hydrogen (secondary N) is 1. The van der Waals surface area contributed by atoms with Gasteiger partial charge >= 0.3 is 0 Å². The number of hydrogen-bond donors (Lipinski definition) is 1. The van der Waals surface area contributed by atoms with E-state index in [9.17, 15) is 0 Å². The van der Waals surface area contributed by atoms with Gasteiger partial charge in [-0.05, 0) is 26.8 Å². The van der Waals surface area contributed by atoms with Gasteiger partial charge in [-0.15, -0.1) is 17.0 Å². The molecule has 0 heterocycles. The smallest absolute Gasteiger partial charge is 0.0124 e. The predicted octanol–water partition coefficient (Wildman–Crippen LogP) is 1.93. The topological polar surface area (TPSA) is 43.5 Å². The quantitative estimate of drug-likeness (QED) is 0.784. The summed E-state index contributed by atoms with van der Waals surface area (Å²) in [5.74, 6) is 0. The molecule has 0 amide bonds. The van der Waals surface area contributed by atoms with E-state index in [-0.39, 0.29) is 22.5 Å². The maximum atomic E-state index is 3.42. The molecule has 0 fully saturated rings. The van der Waals surface area contributed by atoms with Crippen LogP contribution in [0.1, 0.15) is 40.5 Å². The summed E-state index contributed by atoms with van der Waals surface area (Å²) in [5.41, 5.74) is 0.351. The van der Waals surface area contributed by atoms with E-state index in [0.717, 1.165) is 6.54 Å². The number of halogens is 1. The van der Waals surface area contributed by atoms with Gasteiger partial charge in [-0.25, -0.2) is 0 Å².